The highest BCUT2D eigenvalue weighted by molar-refractivity contribution is 7.99. The fourth-order valence-electron chi connectivity index (χ4n) is 3.00. The molecule has 0 aliphatic carbocycles. The molecule has 0 spiro atoms. The van der Waals surface area contributed by atoms with Crippen LogP contribution in [-0.2, 0) is 19.0 Å². The van der Waals surface area contributed by atoms with Crippen molar-refractivity contribution in [1.82, 2.24) is 14.9 Å². The van der Waals surface area contributed by atoms with Gasteiger partial charge in [-0.05, 0) is 29.9 Å². The van der Waals surface area contributed by atoms with E-state index in [1.807, 2.05) is 6.92 Å². The summed E-state index contributed by atoms with van der Waals surface area (Å²) in [5.41, 5.74) is -0.538. The molecule has 1 unspecified atom stereocenters. The van der Waals surface area contributed by atoms with Crippen molar-refractivity contribution < 1.29 is 14.3 Å². The molecule has 138 valence electrons. The lowest BCUT2D eigenvalue weighted by Gasteiger charge is -2.25. The van der Waals surface area contributed by atoms with Gasteiger partial charge < -0.3 is 10.4 Å². The number of carbonyl (C=O) groups excluding carboxylic acids is 1. The second-order valence-corrected chi connectivity index (χ2v) is 7.77. The second kappa shape index (κ2) is 7.11. The summed E-state index contributed by atoms with van der Waals surface area (Å²) in [4.78, 5) is 29.2. The zero-order valence-corrected chi connectivity index (χ0v) is 15.4. The van der Waals surface area contributed by atoms with Gasteiger partial charge in [0.1, 0.15) is 11.6 Å². The number of benzene rings is 1. The van der Waals surface area contributed by atoms with Gasteiger partial charge in [-0.3, -0.25) is 14.2 Å². The molecule has 0 bridgehead atoms. The average Bonchev–Trinajstić information content (AvgIpc) is 3.06. The summed E-state index contributed by atoms with van der Waals surface area (Å²) in [6, 6.07) is 5.70. The van der Waals surface area contributed by atoms with Gasteiger partial charge in [-0.1, -0.05) is 19.1 Å². The lowest BCUT2D eigenvalue weighted by Crippen LogP contribution is -2.36. The molecule has 1 atom stereocenters. The smallest absolute Gasteiger partial charge is 0.296 e. The molecule has 1 fully saturated rings. The number of rotatable bonds is 4. The van der Waals surface area contributed by atoms with Crippen LogP contribution >= 0.6 is 11.8 Å². The van der Waals surface area contributed by atoms with Gasteiger partial charge in [0.05, 0.1) is 0 Å². The Balaban J connectivity index is 1.88. The highest BCUT2D eigenvalue weighted by atomic mass is 32.2. The van der Waals surface area contributed by atoms with Crippen LogP contribution in [0.25, 0.3) is 0 Å². The first kappa shape index (κ1) is 18.4. The lowest BCUT2D eigenvalue weighted by molar-refractivity contribution is 0.0941. The molecule has 3 rings (SSSR count). The molecule has 1 aliphatic rings. The summed E-state index contributed by atoms with van der Waals surface area (Å²) in [5.74, 6) is 0.589. The molecular formula is C18H20FN3O3S. The molecule has 0 saturated carbocycles. The van der Waals surface area contributed by atoms with Gasteiger partial charge >= 0.3 is 0 Å². The van der Waals surface area contributed by atoms with E-state index >= 15 is 0 Å². The quantitative estimate of drug-likeness (QED) is 0.851. The summed E-state index contributed by atoms with van der Waals surface area (Å²) in [6.45, 7) is 2.14. The van der Waals surface area contributed by atoms with Crippen LogP contribution in [0.3, 0.4) is 0 Å². The molecule has 1 aliphatic heterocycles. The first-order chi connectivity index (χ1) is 12.3. The van der Waals surface area contributed by atoms with Crippen LogP contribution < -0.4 is 10.9 Å². The van der Waals surface area contributed by atoms with E-state index in [9.17, 15) is 19.1 Å². The topological polar surface area (TPSA) is 84.2 Å². The molecule has 2 aromatic rings. The van der Waals surface area contributed by atoms with Crippen molar-refractivity contribution >= 4 is 17.7 Å². The molecule has 8 heteroatoms. The molecule has 26 heavy (non-hydrogen) atoms. The Labute approximate surface area is 154 Å². The number of carbonyl (C=O) groups is 1. The van der Waals surface area contributed by atoms with Crippen LogP contribution in [0.5, 0.6) is 5.75 Å². The Hall–Kier alpha value is -2.35. The standard InChI is InChI=1S/C18H20FN3O3S/c1-18(7-8-26-10-18)17-21-13(14(23)16(25)22(17)2)15(24)20-9-11-3-5-12(19)6-4-11/h3-6,23H,7-10H2,1-2H3,(H,20,24). The van der Waals surface area contributed by atoms with Crippen molar-refractivity contribution in [2.75, 3.05) is 11.5 Å². The largest absolute Gasteiger partial charge is 0.501 e. The fourth-order valence-corrected chi connectivity index (χ4v) is 4.46. The first-order valence-corrected chi connectivity index (χ1v) is 9.38. The van der Waals surface area contributed by atoms with Crippen LogP contribution in [0.1, 0.15) is 35.2 Å². The monoisotopic (exact) mass is 377 g/mol. The maximum absolute atomic E-state index is 12.9. The number of thioether (sulfide) groups is 1. The number of aromatic hydroxyl groups is 1. The highest BCUT2D eigenvalue weighted by Gasteiger charge is 2.36. The predicted molar refractivity (Wildman–Crippen MR) is 98.0 cm³/mol. The molecule has 2 heterocycles. The molecule has 1 amide bonds. The van der Waals surface area contributed by atoms with Gasteiger partial charge in [-0.25, -0.2) is 9.37 Å². The first-order valence-electron chi connectivity index (χ1n) is 8.23. The van der Waals surface area contributed by atoms with Crippen molar-refractivity contribution in [1.29, 1.82) is 0 Å². The fraction of sp³-hybridized carbons (Fsp3) is 0.389. The molecule has 1 saturated heterocycles. The van der Waals surface area contributed by atoms with Crippen LogP contribution in [0.15, 0.2) is 29.1 Å². The van der Waals surface area contributed by atoms with E-state index in [-0.39, 0.29) is 23.5 Å². The number of nitrogens with zero attached hydrogens (tertiary/aromatic N) is 2. The number of amides is 1. The number of hydrogen-bond donors (Lipinski definition) is 2. The summed E-state index contributed by atoms with van der Waals surface area (Å²) in [6.07, 6.45) is 0.847. The zero-order valence-electron chi connectivity index (χ0n) is 14.6. The lowest BCUT2D eigenvalue weighted by atomic mass is 9.89. The number of nitrogens with one attached hydrogen (secondary N) is 1. The van der Waals surface area contributed by atoms with E-state index in [4.69, 9.17) is 0 Å². The highest BCUT2D eigenvalue weighted by Crippen LogP contribution is 2.37. The third kappa shape index (κ3) is 3.46. The molecule has 1 aromatic carbocycles. The molecule has 1 aromatic heterocycles. The predicted octanol–water partition coefficient (Wildman–Crippen LogP) is 1.95. The second-order valence-electron chi connectivity index (χ2n) is 6.67. The van der Waals surface area contributed by atoms with E-state index in [0.29, 0.717) is 11.4 Å². The average molecular weight is 377 g/mol. The zero-order chi connectivity index (χ0) is 18.9. The maximum Gasteiger partial charge on any atom is 0.296 e. The Morgan fingerprint density at radius 3 is 2.73 bits per heavy atom. The minimum atomic E-state index is -0.665. The maximum atomic E-state index is 12.9. The van der Waals surface area contributed by atoms with Gasteiger partial charge in [0.15, 0.2) is 5.69 Å². The Kier molecular flexibility index (Phi) is 5.04. The van der Waals surface area contributed by atoms with Crippen molar-refractivity contribution in [3.8, 4) is 5.75 Å². The van der Waals surface area contributed by atoms with E-state index in [1.54, 1.807) is 30.9 Å². The third-order valence-corrected chi connectivity index (χ3v) is 5.94. The molecule has 2 N–H and O–H groups in total. The van der Waals surface area contributed by atoms with Crippen molar-refractivity contribution in [3.05, 3.63) is 57.5 Å². The molecule has 0 radical (unpaired) electrons. The Bertz CT molecular complexity index is 890. The van der Waals surface area contributed by atoms with E-state index in [0.717, 1.165) is 17.9 Å². The van der Waals surface area contributed by atoms with Gasteiger partial charge in [0.2, 0.25) is 5.75 Å². The van der Waals surface area contributed by atoms with E-state index < -0.39 is 17.2 Å². The van der Waals surface area contributed by atoms with Crippen LogP contribution in [-0.4, -0.2) is 32.1 Å². The van der Waals surface area contributed by atoms with E-state index in [1.165, 1.54) is 16.7 Å². The minimum Gasteiger partial charge on any atom is -0.501 e. The minimum absolute atomic E-state index is 0.137. The normalized spacial score (nSPS) is 19.5. The van der Waals surface area contributed by atoms with Crippen molar-refractivity contribution in [2.24, 2.45) is 7.05 Å². The summed E-state index contributed by atoms with van der Waals surface area (Å²) >= 11 is 1.77. The summed E-state index contributed by atoms with van der Waals surface area (Å²) in [5, 5.41) is 12.7. The summed E-state index contributed by atoms with van der Waals surface area (Å²) in [7, 11) is 1.55. The summed E-state index contributed by atoms with van der Waals surface area (Å²) < 4.78 is 14.3. The Morgan fingerprint density at radius 2 is 2.12 bits per heavy atom. The van der Waals surface area contributed by atoms with Gasteiger partial charge in [-0.2, -0.15) is 11.8 Å². The van der Waals surface area contributed by atoms with Crippen molar-refractivity contribution in [3.63, 3.8) is 0 Å². The Morgan fingerprint density at radius 1 is 1.42 bits per heavy atom. The third-order valence-electron chi connectivity index (χ3n) is 4.61. The van der Waals surface area contributed by atoms with Crippen LogP contribution in [0.4, 0.5) is 4.39 Å². The van der Waals surface area contributed by atoms with Crippen molar-refractivity contribution in [2.45, 2.75) is 25.3 Å². The molecular weight excluding hydrogens is 357 g/mol. The molecule has 6 nitrogen and oxygen atoms in total. The number of aromatic nitrogens is 2. The van der Waals surface area contributed by atoms with Gasteiger partial charge in [-0.15, -0.1) is 0 Å². The van der Waals surface area contributed by atoms with Crippen LogP contribution in [0, 0.1) is 5.82 Å². The van der Waals surface area contributed by atoms with Crippen LogP contribution in [0.2, 0.25) is 0 Å². The van der Waals surface area contributed by atoms with Gasteiger partial charge in [0, 0.05) is 24.8 Å². The SMILES string of the molecule is Cn1c(C2(C)CCSC2)nc(C(=O)NCc2ccc(F)cc2)c(O)c1=O. The number of hydrogen-bond acceptors (Lipinski definition) is 5. The van der Waals surface area contributed by atoms with Gasteiger partial charge in [0.25, 0.3) is 11.5 Å². The van der Waals surface area contributed by atoms with E-state index in [2.05, 4.69) is 10.3 Å². The number of halogens is 1.